The molecular formula is C22H26N2O3. The first kappa shape index (κ1) is 18.8. The molecule has 1 aliphatic rings. The summed E-state index contributed by atoms with van der Waals surface area (Å²) in [4.78, 5) is 14.6. The molecule has 0 aromatic heterocycles. The Bertz CT molecular complexity index is 804. The molecule has 0 bridgehead atoms. The maximum atomic E-state index is 12.3. The first-order valence-electron chi connectivity index (χ1n) is 9.20. The lowest BCUT2D eigenvalue weighted by atomic mass is 10.0. The molecule has 2 aromatic carbocycles. The fourth-order valence-electron chi connectivity index (χ4n) is 3.37. The molecule has 3 rings (SSSR count). The van der Waals surface area contributed by atoms with Crippen LogP contribution < -0.4 is 19.7 Å². The molecule has 1 saturated heterocycles. The zero-order chi connectivity index (χ0) is 19.1. The van der Waals surface area contributed by atoms with E-state index in [1.165, 1.54) is 0 Å². The lowest BCUT2D eigenvalue weighted by Crippen LogP contribution is -2.47. The molecular weight excluding hydrogens is 340 g/mol. The van der Waals surface area contributed by atoms with E-state index in [0.29, 0.717) is 0 Å². The molecule has 1 unspecified atom stereocenters. The van der Waals surface area contributed by atoms with Gasteiger partial charge in [-0.2, -0.15) is 0 Å². The number of hydrogen-bond donors (Lipinski definition) is 1. The highest BCUT2D eigenvalue weighted by molar-refractivity contribution is 5.92. The first-order valence-corrected chi connectivity index (χ1v) is 9.20. The standard InChI is InChI=1S/C22H26N2O3/c1-26-19-9-5-7-17(15-19)12-13-22(25)23-18-8-6-14-24(16-18)20-10-3-4-11-21(20)27-2/h3-5,7,9-13,15,18H,6,8,14,16H2,1-2H3,(H,23,25)/b13-12+. The van der Waals surface area contributed by atoms with Crippen LogP contribution in [0.15, 0.2) is 54.6 Å². The Kier molecular flexibility index (Phi) is 6.36. The molecule has 0 saturated carbocycles. The summed E-state index contributed by atoms with van der Waals surface area (Å²) in [6.07, 6.45) is 5.39. The van der Waals surface area contributed by atoms with E-state index < -0.39 is 0 Å². The largest absolute Gasteiger partial charge is 0.497 e. The van der Waals surface area contributed by atoms with Crippen molar-refractivity contribution in [3.63, 3.8) is 0 Å². The molecule has 1 heterocycles. The van der Waals surface area contributed by atoms with Gasteiger partial charge in [0, 0.05) is 25.2 Å². The Morgan fingerprint density at radius 3 is 2.81 bits per heavy atom. The molecule has 5 heteroatoms. The van der Waals surface area contributed by atoms with E-state index in [2.05, 4.69) is 16.3 Å². The number of nitrogens with one attached hydrogen (secondary N) is 1. The summed E-state index contributed by atoms with van der Waals surface area (Å²) in [6.45, 7) is 1.74. The second kappa shape index (κ2) is 9.12. The highest BCUT2D eigenvalue weighted by Gasteiger charge is 2.22. The van der Waals surface area contributed by atoms with Crippen LogP contribution in [-0.4, -0.2) is 39.3 Å². The number of carbonyl (C=O) groups excluding carboxylic acids is 1. The highest BCUT2D eigenvalue weighted by Crippen LogP contribution is 2.29. The van der Waals surface area contributed by atoms with Gasteiger partial charge in [0.15, 0.2) is 0 Å². The van der Waals surface area contributed by atoms with Crippen molar-refractivity contribution < 1.29 is 14.3 Å². The predicted molar refractivity (Wildman–Crippen MR) is 108 cm³/mol. The quantitative estimate of drug-likeness (QED) is 0.795. The maximum Gasteiger partial charge on any atom is 0.244 e. The number of ether oxygens (including phenoxy) is 2. The second-order valence-corrected chi connectivity index (χ2v) is 6.58. The van der Waals surface area contributed by atoms with Crippen molar-refractivity contribution in [3.8, 4) is 11.5 Å². The number of anilines is 1. The first-order chi connectivity index (χ1) is 13.2. The van der Waals surface area contributed by atoms with Gasteiger partial charge in [-0.3, -0.25) is 4.79 Å². The van der Waals surface area contributed by atoms with Gasteiger partial charge >= 0.3 is 0 Å². The van der Waals surface area contributed by atoms with Gasteiger partial charge in [-0.1, -0.05) is 24.3 Å². The molecule has 1 aliphatic heterocycles. The summed E-state index contributed by atoms with van der Waals surface area (Å²) in [6, 6.07) is 15.7. The van der Waals surface area contributed by atoms with E-state index >= 15 is 0 Å². The number of methoxy groups -OCH3 is 2. The predicted octanol–water partition coefficient (Wildman–Crippen LogP) is 3.50. The summed E-state index contributed by atoms with van der Waals surface area (Å²) in [5.41, 5.74) is 2.01. The van der Waals surface area contributed by atoms with Crippen LogP contribution in [0.5, 0.6) is 11.5 Å². The average molecular weight is 366 g/mol. The topological polar surface area (TPSA) is 50.8 Å². The fraction of sp³-hybridized carbons (Fsp3) is 0.318. The van der Waals surface area contributed by atoms with E-state index in [4.69, 9.17) is 9.47 Å². The van der Waals surface area contributed by atoms with Gasteiger partial charge in [0.2, 0.25) is 5.91 Å². The van der Waals surface area contributed by atoms with Crippen LogP contribution in [-0.2, 0) is 4.79 Å². The van der Waals surface area contributed by atoms with Crippen LogP contribution in [0, 0.1) is 0 Å². The Hall–Kier alpha value is -2.95. The molecule has 0 radical (unpaired) electrons. The minimum absolute atomic E-state index is 0.0790. The Morgan fingerprint density at radius 1 is 1.15 bits per heavy atom. The Balaban J connectivity index is 1.60. The van der Waals surface area contributed by atoms with Gasteiger partial charge in [-0.05, 0) is 48.7 Å². The highest BCUT2D eigenvalue weighted by atomic mass is 16.5. The van der Waals surface area contributed by atoms with Gasteiger partial charge in [-0.15, -0.1) is 0 Å². The van der Waals surface area contributed by atoms with Crippen LogP contribution in [0.1, 0.15) is 18.4 Å². The van der Waals surface area contributed by atoms with Crippen LogP contribution in [0.25, 0.3) is 6.08 Å². The third kappa shape index (κ3) is 5.03. The Labute approximate surface area is 160 Å². The van der Waals surface area contributed by atoms with Crippen molar-refractivity contribution in [2.45, 2.75) is 18.9 Å². The van der Waals surface area contributed by atoms with Crippen LogP contribution in [0.3, 0.4) is 0 Å². The number of nitrogens with zero attached hydrogens (tertiary/aromatic N) is 1. The lowest BCUT2D eigenvalue weighted by molar-refractivity contribution is -0.117. The third-order valence-electron chi connectivity index (χ3n) is 4.71. The number of amides is 1. The second-order valence-electron chi connectivity index (χ2n) is 6.58. The Morgan fingerprint density at radius 2 is 2.00 bits per heavy atom. The number of hydrogen-bond acceptors (Lipinski definition) is 4. The van der Waals surface area contributed by atoms with Crippen LogP contribution >= 0.6 is 0 Å². The average Bonchev–Trinajstić information content (AvgIpc) is 2.72. The zero-order valence-electron chi connectivity index (χ0n) is 15.9. The molecule has 0 spiro atoms. The van der Waals surface area contributed by atoms with E-state index in [9.17, 15) is 4.79 Å². The molecule has 1 N–H and O–H groups in total. The van der Waals surface area contributed by atoms with Crippen molar-refractivity contribution in [2.75, 3.05) is 32.2 Å². The van der Waals surface area contributed by atoms with Gasteiger partial charge < -0.3 is 19.7 Å². The summed E-state index contributed by atoms with van der Waals surface area (Å²) in [7, 11) is 3.32. The summed E-state index contributed by atoms with van der Waals surface area (Å²) >= 11 is 0. The SMILES string of the molecule is COc1cccc(/C=C/C(=O)NC2CCCN(c3ccccc3OC)C2)c1. The lowest BCUT2D eigenvalue weighted by Gasteiger charge is -2.35. The van der Waals surface area contributed by atoms with Crippen LogP contribution in [0.4, 0.5) is 5.69 Å². The molecule has 5 nitrogen and oxygen atoms in total. The number of rotatable bonds is 6. The fourth-order valence-corrected chi connectivity index (χ4v) is 3.37. The molecule has 1 amide bonds. The minimum atomic E-state index is -0.0790. The summed E-state index contributed by atoms with van der Waals surface area (Å²) < 4.78 is 10.7. The maximum absolute atomic E-state index is 12.3. The number of para-hydroxylation sites is 2. The van der Waals surface area contributed by atoms with Crippen molar-refractivity contribution in [3.05, 3.63) is 60.2 Å². The van der Waals surface area contributed by atoms with Gasteiger partial charge in [0.25, 0.3) is 0 Å². The summed E-state index contributed by atoms with van der Waals surface area (Å²) in [5, 5.41) is 3.12. The normalized spacial score (nSPS) is 17.0. The molecule has 27 heavy (non-hydrogen) atoms. The van der Waals surface area contributed by atoms with E-state index in [1.54, 1.807) is 26.4 Å². The molecule has 1 atom stereocenters. The van der Waals surface area contributed by atoms with Crippen molar-refractivity contribution >= 4 is 17.7 Å². The van der Waals surface area contributed by atoms with E-state index in [1.807, 2.05) is 42.5 Å². The number of piperidine rings is 1. The van der Waals surface area contributed by atoms with Crippen LogP contribution in [0.2, 0.25) is 0 Å². The number of carbonyl (C=O) groups is 1. The molecule has 142 valence electrons. The van der Waals surface area contributed by atoms with Gasteiger partial charge in [0.1, 0.15) is 11.5 Å². The van der Waals surface area contributed by atoms with E-state index in [-0.39, 0.29) is 11.9 Å². The monoisotopic (exact) mass is 366 g/mol. The smallest absolute Gasteiger partial charge is 0.244 e. The van der Waals surface area contributed by atoms with Gasteiger partial charge in [0.05, 0.1) is 19.9 Å². The molecule has 0 aliphatic carbocycles. The summed E-state index contributed by atoms with van der Waals surface area (Å²) in [5.74, 6) is 1.56. The van der Waals surface area contributed by atoms with Crippen molar-refractivity contribution in [1.82, 2.24) is 5.32 Å². The number of benzene rings is 2. The van der Waals surface area contributed by atoms with Gasteiger partial charge in [-0.25, -0.2) is 0 Å². The third-order valence-corrected chi connectivity index (χ3v) is 4.71. The molecule has 2 aromatic rings. The minimum Gasteiger partial charge on any atom is -0.497 e. The van der Waals surface area contributed by atoms with Crippen molar-refractivity contribution in [2.24, 2.45) is 0 Å². The zero-order valence-corrected chi connectivity index (χ0v) is 15.9. The molecule has 1 fully saturated rings. The van der Waals surface area contributed by atoms with E-state index in [0.717, 1.165) is 48.7 Å². The van der Waals surface area contributed by atoms with Crippen molar-refractivity contribution in [1.29, 1.82) is 0 Å².